The van der Waals surface area contributed by atoms with Gasteiger partial charge in [-0.3, -0.25) is 4.98 Å². The number of benzene rings is 1. The van der Waals surface area contributed by atoms with Crippen molar-refractivity contribution in [2.75, 3.05) is 6.61 Å². The molecule has 0 fully saturated rings. The molecule has 1 atom stereocenters. The zero-order valence-electron chi connectivity index (χ0n) is 10.8. The molecular weight excluding hydrogens is 243 g/mol. The Hall–Kier alpha value is -1.94. The molecule has 0 bridgehead atoms. The summed E-state index contributed by atoms with van der Waals surface area (Å²) in [5.74, 6) is 0.436. The predicted octanol–water partition coefficient (Wildman–Crippen LogP) is 3.06. The third kappa shape index (κ3) is 3.51. The molecule has 1 unspecified atom stereocenters. The lowest BCUT2D eigenvalue weighted by molar-refractivity contribution is 0.315. The topological polar surface area (TPSA) is 48.1 Å². The second kappa shape index (κ2) is 6.29. The monoisotopic (exact) mass is 260 g/mol. The van der Waals surface area contributed by atoms with Gasteiger partial charge < -0.3 is 10.5 Å². The average Bonchev–Trinajstić information content (AvgIpc) is 2.45. The van der Waals surface area contributed by atoms with Crippen molar-refractivity contribution in [1.29, 1.82) is 0 Å². The quantitative estimate of drug-likeness (QED) is 0.898. The Labute approximate surface area is 112 Å². The van der Waals surface area contributed by atoms with Crippen LogP contribution in [0.5, 0.6) is 5.75 Å². The highest BCUT2D eigenvalue weighted by Gasteiger charge is 2.10. The first-order valence-corrected chi connectivity index (χ1v) is 6.29. The Kier molecular flexibility index (Phi) is 4.47. The van der Waals surface area contributed by atoms with Gasteiger partial charge >= 0.3 is 0 Å². The first-order valence-electron chi connectivity index (χ1n) is 6.29. The van der Waals surface area contributed by atoms with Gasteiger partial charge in [-0.2, -0.15) is 0 Å². The van der Waals surface area contributed by atoms with Crippen LogP contribution in [0.4, 0.5) is 4.39 Å². The van der Waals surface area contributed by atoms with Crippen molar-refractivity contribution < 1.29 is 9.13 Å². The lowest BCUT2D eigenvalue weighted by Crippen LogP contribution is -2.12. The van der Waals surface area contributed by atoms with Gasteiger partial charge in [0.1, 0.15) is 11.6 Å². The van der Waals surface area contributed by atoms with Crippen molar-refractivity contribution >= 4 is 0 Å². The van der Waals surface area contributed by atoms with Crippen molar-refractivity contribution in [3.05, 3.63) is 59.7 Å². The van der Waals surface area contributed by atoms with Gasteiger partial charge in [-0.25, -0.2) is 4.39 Å². The SMILES string of the molecule is CCCOc1cncc(C(N)c2ccc(F)cc2)c1. The van der Waals surface area contributed by atoms with Gasteiger partial charge in [0.2, 0.25) is 0 Å². The summed E-state index contributed by atoms with van der Waals surface area (Å²) in [7, 11) is 0. The average molecular weight is 260 g/mol. The van der Waals surface area contributed by atoms with E-state index < -0.39 is 0 Å². The molecule has 3 nitrogen and oxygen atoms in total. The molecule has 1 aromatic carbocycles. The maximum Gasteiger partial charge on any atom is 0.137 e. The lowest BCUT2D eigenvalue weighted by atomic mass is 10.0. The summed E-state index contributed by atoms with van der Waals surface area (Å²) < 4.78 is 18.4. The molecule has 0 radical (unpaired) electrons. The van der Waals surface area contributed by atoms with Crippen LogP contribution in [-0.4, -0.2) is 11.6 Å². The zero-order chi connectivity index (χ0) is 13.7. The van der Waals surface area contributed by atoms with Gasteiger partial charge in [0, 0.05) is 6.20 Å². The number of nitrogens with zero attached hydrogens (tertiary/aromatic N) is 1. The van der Waals surface area contributed by atoms with E-state index in [2.05, 4.69) is 4.98 Å². The fourth-order valence-corrected chi connectivity index (χ4v) is 1.77. The van der Waals surface area contributed by atoms with Gasteiger partial charge in [0.05, 0.1) is 18.8 Å². The minimum atomic E-state index is -0.335. The highest BCUT2D eigenvalue weighted by molar-refractivity contribution is 5.33. The smallest absolute Gasteiger partial charge is 0.137 e. The number of hydrogen-bond acceptors (Lipinski definition) is 3. The van der Waals surface area contributed by atoms with Crippen LogP contribution in [0.15, 0.2) is 42.7 Å². The summed E-state index contributed by atoms with van der Waals surface area (Å²) in [6.45, 7) is 2.69. The van der Waals surface area contributed by atoms with E-state index in [4.69, 9.17) is 10.5 Å². The maximum absolute atomic E-state index is 12.9. The Balaban J connectivity index is 2.18. The second-order valence-electron chi connectivity index (χ2n) is 4.33. The minimum absolute atomic E-state index is 0.269. The molecule has 100 valence electrons. The summed E-state index contributed by atoms with van der Waals surface area (Å²) in [6.07, 6.45) is 4.30. The Morgan fingerprint density at radius 3 is 2.63 bits per heavy atom. The molecule has 4 heteroatoms. The fraction of sp³-hybridized carbons (Fsp3) is 0.267. The van der Waals surface area contributed by atoms with Crippen LogP contribution < -0.4 is 10.5 Å². The van der Waals surface area contributed by atoms with Gasteiger partial charge in [-0.15, -0.1) is 0 Å². The van der Waals surface area contributed by atoms with E-state index in [0.29, 0.717) is 12.4 Å². The standard InChI is InChI=1S/C15H17FN2O/c1-2-7-19-14-8-12(9-18-10-14)15(17)11-3-5-13(16)6-4-11/h3-6,8-10,15H,2,7,17H2,1H3. The minimum Gasteiger partial charge on any atom is -0.492 e. The van der Waals surface area contributed by atoms with Crippen LogP contribution in [0.25, 0.3) is 0 Å². The van der Waals surface area contributed by atoms with Gasteiger partial charge in [0.15, 0.2) is 0 Å². The number of halogens is 1. The number of rotatable bonds is 5. The lowest BCUT2D eigenvalue weighted by Gasteiger charge is -2.13. The first-order chi connectivity index (χ1) is 9.20. The summed E-state index contributed by atoms with van der Waals surface area (Å²) in [6, 6.07) is 7.70. The molecular formula is C15H17FN2O. The summed E-state index contributed by atoms with van der Waals surface area (Å²) >= 11 is 0. The Bertz CT molecular complexity index is 528. The van der Waals surface area contributed by atoms with Gasteiger partial charge in [-0.1, -0.05) is 19.1 Å². The molecule has 1 aromatic heterocycles. The fourth-order valence-electron chi connectivity index (χ4n) is 1.77. The molecule has 0 saturated heterocycles. The Morgan fingerprint density at radius 1 is 1.21 bits per heavy atom. The van der Waals surface area contributed by atoms with Crippen LogP contribution in [-0.2, 0) is 0 Å². The third-order valence-electron chi connectivity index (χ3n) is 2.80. The predicted molar refractivity (Wildman–Crippen MR) is 72.5 cm³/mol. The highest BCUT2D eigenvalue weighted by atomic mass is 19.1. The zero-order valence-corrected chi connectivity index (χ0v) is 10.8. The largest absolute Gasteiger partial charge is 0.492 e. The number of nitrogens with two attached hydrogens (primary N) is 1. The van der Waals surface area contributed by atoms with E-state index in [-0.39, 0.29) is 11.9 Å². The van der Waals surface area contributed by atoms with Gasteiger partial charge in [0.25, 0.3) is 0 Å². The first kappa shape index (κ1) is 13.5. The van der Waals surface area contributed by atoms with Crippen LogP contribution >= 0.6 is 0 Å². The van der Waals surface area contributed by atoms with E-state index in [9.17, 15) is 4.39 Å². The number of aromatic nitrogens is 1. The molecule has 0 spiro atoms. The third-order valence-corrected chi connectivity index (χ3v) is 2.80. The normalized spacial score (nSPS) is 12.2. The number of hydrogen-bond donors (Lipinski definition) is 1. The molecule has 0 aliphatic carbocycles. The highest BCUT2D eigenvalue weighted by Crippen LogP contribution is 2.22. The van der Waals surface area contributed by atoms with Crippen molar-refractivity contribution in [1.82, 2.24) is 4.98 Å². The van der Waals surface area contributed by atoms with Crippen LogP contribution in [0.3, 0.4) is 0 Å². The molecule has 0 amide bonds. The van der Waals surface area contributed by atoms with Crippen LogP contribution in [0, 0.1) is 5.82 Å². The van der Waals surface area contributed by atoms with Gasteiger partial charge in [-0.05, 0) is 35.7 Å². The second-order valence-corrected chi connectivity index (χ2v) is 4.33. The summed E-state index contributed by atoms with van der Waals surface area (Å²) in [4.78, 5) is 4.12. The summed E-state index contributed by atoms with van der Waals surface area (Å²) in [5, 5.41) is 0. The molecule has 0 aliphatic heterocycles. The van der Waals surface area contributed by atoms with E-state index in [0.717, 1.165) is 17.5 Å². The molecule has 0 aliphatic rings. The van der Waals surface area contributed by atoms with Crippen molar-refractivity contribution in [2.24, 2.45) is 5.73 Å². The molecule has 2 N–H and O–H groups in total. The molecule has 2 aromatic rings. The molecule has 0 saturated carbocycles. The maximum atomic E-state index is 12.9. The molecule has 2 rings (SSSR count). The summed E-state index contributed by atoms with van der Waals surface area (Å²) in [5.41, 5.74) is 7.84. The van der Waals surface area contributed by atoms with E-state index in [1.54, 1.807) is 24.5 Å². The van der Waals surface area contributed by atoms with Crippen molar-refractivity contribution in [3.63, 3.8) is 0 Å². The number of ether oxygens (including phenoxy) is 1. The Morgan fingerprint density at radius 2 is 1.95 bits per heavy atom. The van der Waals surface area contributed by atoms with Crippen LogP contribution in [0.1, 0.15) is 30.5 Å². The number of pyridine rings is 1. The van der Waals surface area contributed by atoms with E-state index in [1.807, 2.05) is 13.0 Å². The molecule has 1 heterocycles. The van der Waals surface area contributed by atoms with E-state index in [1.165, 1.54) is 12.1 Å². The van der Waals surface area contributed by atoms with Crippen molar-refractivity contribution in [2.45, 2.75) is 19.4 Å². The van der Waals surface area contributed by atoms with E-state index >= 15 is 0 Å². The molecule has 19 heavy (non-hydrogen) atoms. The van der Waals surface area contributed by atoms with Crippen molar-refractivity contribution in [3.8, 4) is 5.75 Å². The van der Waals surface area contributed by atoms with Crippen LogP contribution in [0.2, 0.25) is 0 Å².